The predicted octanol–water partition coefficient (Wildman–Crippen LogP) is 14.6. The topological polar surface area (TPSA) is 270 Å². The number of likely N-dealkylation sites (N-methyl/N-ethyl adjacent to an activating group) is 1. The molecule has 0 radical (unpaired) electrons. The Morgan fingerprint density at radius 1 is 0.362 bits per heavy atom. The molecule has 116 heavy (non-hydrogen) atoms. The fourth-order valence-electron chi connectivity index (χ4n) is 18.4. The van der Waals surface area contributed by atoms with Crippen molar-refractivity contribution in [1.82, 2.24) is 87.6 Å². The lowest BCUT2D eigenvalue weighted by Crippen LogP contribution is -2.54. The summed E-state index contributed by atoms with van der Waals surface area (Å²) in [6.07, 6.45) is 25.1. The van der Waals surface area contributed by atoms with Gasteiger partial charge in [0.2, 0.25) is 0 Å². The van der Waals surface area contributed by atoms with E-state index in [1.807, 2.05) is 79.4 Å². The highest BCUT2D eigenvalue weighted by Gasteiger charge is 2.42. The SMILES string of the molecule is CN1CCCN(C2CC(c3nc(-c4ccc5ccc(-c6ccccc6)nc5c4)c4c(N)nccn34)C2)CC1.Nc1nccn2c(C3CC(N4CCN(c5cnccn5)CC4)C3)nc(-c3ccc4ccc(-c5ccccc5)nc4c3)c12.Nc1nccn2c(C3CC(N4CC[C@H](O)C4)C3)nc(-c3ccc4ccc(-c5ccccc5)nc4c3)c12. The Kier molecular flexibility index (Phi) is 19.4. The molecular formula is C93H92N22O. The molecule has 0 amide bonds. The number of hydrogen-bond acceptors (Lipinski definition) is 20. The second-order valence-corrected chi connectivity index (χ2v) is 32.1. The summed E-state index contributed by atoms with van der Waals surface area (Å²) in [7, 11) is 2.23. The van der Waals surface area contributed by atoms with Gasteiger partial charge < -0.3 is 32.1 Å². The van der Waals surface area contributed by atoms with Gasteiger partial charge >= 0.3 is 0 Å². The van der Waals surface area contributed by atoms with Crippen LogP contribution in [0.3, 0.4) is 0 Å². The molecule has 22 rings (SSSR count). The number of rotatable bonds is 13. The summed E-state index contributed by atoms with van der Waals surface area (Å²) in [4.78, 5) is 65.0. The molecule has 3 aliphatic carbocycles. The Morgan fingerprint density at radius 3 is 1.14 bits per heavy atom. The molecule has 0 bridgehead atoms. The summed E-state index contributed by atoms with van der Waals surface area (Å²) in [6.45, 7) is 10.5. The Morgan fingerprint density at radius 2 is 0.750 bits per heavy atom. The molecule has 0 unspecified atom stereocenters. The van der Waals surface area contributed by atoms with Gasteiger partial charge in [-0.25, -0.2) is 49.8 Å². The van der Waals surface area contributed by atoms with Crippen LogP contribution in [0.2, 0.25) is 0 Å². The van der Waals surface area contributed by atoms with Crippen LogP contribution >= 0.6 is 0 Å². The molecule has 3 saturated heterocycles. The summed E-state index contributed by atoms with van der Waals surface area (Å²) < 4.78 is 6.45. The van der Waals surface area contributed by atoms with Gasteiger partial charge in [0, 0.05) is 187 Å². The van der Waals surface area contributed by atoms with E-state index in [0.29, 0.717) is 53.3 Å². The number of β-amino-alcohol motifs (C(OH)–C–C–N with tert-alkyl or cyclic N) is 1. The van der Waals surface area contributed by atoms with Crippen molar-refractivity contribution in [2.45, 2.75) is 93.3 Å². The van der Waals surface area contributed by atoms with Gasteiger partial charge in [-0.2, -0.15) is 0 Å². The fourth-order valence-corrected chi connectivity index (χ4v) is 18.4. The van der Waals surface area contributed by atoms with Crippen LogP contribution < -0.4 is 22.1 Å². The van der Waals surface area contributed by atoms with Crippen molar-refractivity contribution in [2.75, 3.05) is 94.6 Å². The van der Waals surface area contributed by atoms with E-state index in [1.54, 1.807) is 31.0 Å². The van der Waals surface area contributed by atoms with E-state index in [2.05, 4.69) is 197 Å². The molecule has 23 nitrogen and oxygen atoms in total. The fraction of sp³-hybridized carbons (Fsp3) is 0.280. The van der Waals surface area contributed by atoms with Crippen molar-refractivity contribution in [3.8, 4) is 67.5 Å². The van der Waals surface area contributed by atoms with Gasteiger partial charge in [0.1, 0.15) is 74.4 Å². The molecule has 6 aliphatic rings. The van der Waals surface area contributed by atoms with Gasteiger partial charge in [0.15, 0.2) is 0 Å². The minimum atomic E-state index is -0.183. The Balaban J connectivity index is 0.000000113. The van der Waals surface area contributed by atoms with Gasteiger partial charge in [-0.3, -0.25) is 32.9 Å². The van der Waals surface area contributed by atoms with Crippen LogP contribution in [0.1, 0.15) is 86.6 Å². The number of likely N-dealkylation sites (tertiary alicyclic amines) is 1. The van der Waals surface area contributed by atoms with E-state index >= 15 is 0 Å². The molecule has 0 spiro atoms. The van der Waals surface area contributed by atoms with Crippen LogP contribution in [0.15, 0.2) is 238 Å². The number of nitrogens with zero attached hydrogens (tertiary/aromatic N) is 19. The van der Waals surface area contributed by atoms with Gasteiger partial charge in [-0.15, -0.1) is 0 Å². The van der Waals surface area contributed by atoms with E-state index in [4.69, 9.17) is 47.1 Å². The number of aromatic nitrogens is 14. The standard InChI is InChI=1S/C33H31N9.C31H33N7.C29H28N6O/c34-32-31-30(24-7-6-23-8-9-27(38-28(23)20-24)22-4-2-1-3-5-22)39-33(42(31)13-12-37-32)25-18-26(19-25)40-14-16-41(17-15-40)29-21-35-10-11-36-29;1-36-13-5-14-37(17-16-36)25-18-24(19-25)31-35-28(29-30(32)33-12-15-38(29)31)23-9-8-22-10-11-26(34-27(22)20-23)21-6-3-2-4-7-21;30-28-27-26(20-7-6-19-8-9-24(32-25(19)16-20)18-4-2-1-3-5-18)33-29(35(27)13-11-31-28)21-14-22(15-21)34-12-10-23(36)17-34/h1-13,20-21,25-26H,14-19H2,(H2,34,37);2-4,6-12,15,20,24-25H,5,13-14,16-19H2,1H3,(H2,32,33);1-9,11,13,16,21-23,36H,10,12,14-15,17H2,(H2,30,31)/t;;21?,22?,23-/m..0/s1. The maximum absolute atomic E-state index is 9.93. The number of aliphatic hydroxyl groups is 1. The molecule has 13 heterocycles. The first-order valence-corrected chi connectivity index (χ1v) is 40.9. The lowest BCUT2D eigenvalue weighted by molar-refractivity contribution is 0.0992. The van der Waals surface area contributed by atoms with Crippen LogP contribution in [0, 0.1) is 0 Å². The zero-order chi connectivity index (χ0) is 77.9. The first-order chi connectivity index (χ1) is 57.0. The molecule has 16 aromatic rings. The van der Waals surface area contributed by atoms with E-state index in [9.17, 15) is 5.11 Å². The van der Waals surface area contributed by atoms with Gasteiger partial charge in [-0.1, -0.05) is 146 Å². The maximum Gasteiger partial charge on any atom is 0.150 e. The molecule has 10 aromatic heterocycles. The smallest absolute Gasteiger partial charge is 0.150 e. The number of imidazole rings is 3. The number of nitrogen functional groups attached to an aromatic ring is 3. The molecule has 6 aromatic carbocycles. The first-order valence-electron chi connectivity index (χ1n) is 40.9. The van der Waals surface area contributed by atoms with Crippen LogP contribution in [0.4, 0.5) is 23.3 Å². The monoisotopic (exact) mass is 1530 g/mol. The molecule has 6 fully saturated rings. The van der Waals surface area contributed by atoms with Crippen LogP contribution in [0.5, 0.6) is 0 Å². The van der Waals surface area contributed by atoms with Crippen molar-refractivity contribution < 1.29 is 5.11 Å². The number of pyridine rings is 3. The number of hydrogen-bond donors (Lipinski definition) is 4. The second kappa shape index (κ2) is 31.0. The third-order valence-corrected chi connectivity index (χ3v) is 25.1. The molecule has 3 saturated carbocycles. The summed E-state index contributed by atoms with van der Waals surface area (Å²) in [6, 6.07) is 64.2. The zero-order valence-corrected chi connectivity index (χ0v) is 65.0. The van der Waals surface area contributed by atoms with Gasteiger partial charge in [0.05, 0.1) is 45.9 Å². The summed E-state index contributed by atoms with van der Waals surface area (Å²) in [5.41, 5.74) is 36.5. The summed E-state index contributed by atoms with van der Waals surface area (Å²) >= 11 is 0. The van der Waals surface area contributed by atoms with Gasteiger partial charge in [-0.05, 0) is 108 Å². The molecule has 1 atom stereocenters. The van der Waals surface area contributed by atoms with Crippen LogP contribution in [0.25, 0.3) is 117 Å². The van der Waals surface area contributed by atoms with E-state index < -0.39 is 0 Å². The van der Waals surface area contributed by atoms with E-state index in [-0.39, 0.29) is 6.10 Å². The molecular weight excluding hydrogens is 1440 g/mol. The zero-order valence-electron chi connectivity index (χ0n) is 65.0. The van der Waals surface area contributed by atoms with Gasteiger partial charge in [0.25, 0.3) is 0 Å². The van der Waals surface area contributed by atoms with Crippen molar-refractivity contribution in [2.24, 2.45) is 0 Å². The second-order valence-electron chi connectivity index (χ2n) is 32.1. The summed E-state index contributed by atoms with van der Waals surface area (Å²) in [5, 5.41) is 13.2. The Hall–Kier alpha value is -12.5. The van der Waals surface area contributed by atoms with Crippen molar-refractivity contribution in [3.05, 3.63) is 255 Å². The molecule has 3 aliphatic heterocycles. The first kappa shape index (κ1) is 72.5. The number of aliphatic hydroxyl groups excluding tert-OH is 1. The third kappa shape index (κ3) is 14.1. The highest BCUT2D eigenvalue weighted by atomic mass is 16.3. The van der Waals surface area contributed by atoms with Crippen LogP contribution in [-0.4, -0.2) is 189 Å². The number of nitrogens with two attached hydrogens (primary N) is 3. The summed E-state index contributed by atoms with van der Waals surface area (Å²) in [5.74, 6) is 6.81. The van der Waals surface area contributed by atoms with E-state index in [0.717, 1.165) is 237 Å². The lowest BCUT2D eigenvalue weighted by atomic mass is 9.78. The third-order valence-electron chi connectivity index (χ3n) is 25.1. The number of fused-ring (bicyclic) bond motifs is 6. The lowest BCUT2D eigenvalue weighted by Gasteiger charge is -2.46. The minimum Gasteiger partial charge on any atom is -0.392 e. The molecule has 7 N–H and O–H groups in total. The largest absolute Gasteiger partial charge is 0.392 e. The normalized spacial score (nSPS) is 20.8. The Labute approximate surface area is 672 Å². The highest BCUT2D eigenvalue weighted by Crippen LogP contribution is 2.47. The molecule has 580 valence electrons. The van der Waals surface area contributed by atoms with Crippen molar-refractivity contribution in [1.29, 1.82) is 0 Å². The average molecular weight is 1530 g/mol. The van der Waals surface area contributed by atoms with Crippen LogP contribution in [-0.2, 0) is 0 Å². The molecule has 23 heteroatoms. The minimum absolute atomic E-state index is 0.183. The van der Waals surface area contributed by atoms with E-state index in [1.165, 1.54) is 19.5 Å². The van der Waals surface area contributed by atoms with Crippen molar-refractivity contribution >= 4 is 72.5 Å². The maximum atomic E-state index is 9.93. The predicted molar refractivity (Wildman–Crippen MR) is 460 cm³/mol. The highest BCUT2D eigenvalue weighted by molar-refractivity contribution is 5.95. The quantitative estimate of drug-likeness (QED) is 0.0835. The number of benzene rings is 6. The number of anilines is 4. The average Bonchev–Trinajstić information content (AvgIpc) is 1.58. The Bertz CT molecular complexity index is 6250. The number of piperazine rings is 1. The van der Waals surface area contributed by atoms with Crippen molar-refractivity contribution in [3.63, 3.8) is 0 Å².